The molecule has 8 heteroatoms. The molecule has 0 radical (unpaired) electrons. The Bertz CT molecular complexity index is 740. The predicted octanol–water partition coefficient (Wildman–Crippen LogP) is 0.592. The zero-order valence-corrected chi connectivity index (χ0v) is 13.3. The van der Waals surface area contributed by atoms with E-state index in [-0.39, 0.29) is 17.9 Å². The molecule has 0 fully saturated rings. The third kappa shape index (κ3) is 2.67. The molecule has 2 amide bonds. The quantitative estimate of drug-likeness (QED) is 0.810. The number of hydrogen-bond donors (Lipinski definition) is 0. The van der Waals surface area contributed by atoms with Crippen molar-refractivity contribution in [3.8, 4) is 0 Å². The van der Waals surface area contributed by atoms with Crippen LogP contribution in [-0.2, 0) is 6.54 Å². The molecule has 1 aliphatic rings. The largest absolute Gasteiger partial charge is 0.343 e. The van der Waals surface area contributed by atoms with Gasteiger partial charge in [-0.3, -0.25) is 14.6 Å². The van der Waals surface area contributed by atoms with E-state index in [1.165, 1.54) is 23.5 Å². The number of aromatic nitrogens is 4. The average Bonchev–Trinajstić information content (AvgIpc) is 2.99. The second-order valence-electron chi connectivity index (χ2n) is 5.64. The van der Waals surface area contributed by atoms with Crippen molar-refractivity contribution in [1.82, 2.24) is 29.3 Å². The topological polar surface area (TPSA) is 84.2 Å². The minimum absolute atomic E-state index is 0.147. The van der Waals surface area contributed by atoms with Gasteiger partial charge in [-0.1, -0.05) is 0 Å². The van der Waals surface area contributed by atoms with Gasteiger partial charge >= 0.3 is 0 Å². The van der Waals surface area contributed by atoms with Gasteiger partial charge in [-0.15, -0.1) is 0 Å². The molecular weight excluding hydrogens is 296 g/mol. The smallest absolute Gasteiger partial charge is 0.274 e. The summed E-state index contributed by atoms with van der Waals surface area (Å²) in [6.45, 7) is 3.03. The molecule has 2 aromatic rings. The molecule has 0 spiro atoms. The summed E-state index contributed by atoms with van der Waals surface area (Å²) in [6.07, 6.45) is 6.23. The zero-order chi connectivity index (χ0) is 16.6. The number of fused-ring (bicyclic) bond motifs is 1. The summed E-state index contributed by atoms with van der Waals surface area (Å²) in [4.78, 5) is 40.2. The summed E-state index contributed by atoms with van der Waals surface area (Å²) >= 11 is 0. The van der Waals surface area contributed by atoms with Crippen molar-refractivity contribution in [2.75, 3.05) is 20.6 Å². The third-order valence-corrected chi connectivity index (χ3v) is 3.90. The molecule has 0 bridgehead atoms. The molecule has 3 rings (SSSR count). The van der Waals surface area contributed by atoms with E-state index >= 15 is 0 Å². The van der Waals surface area contributed by atoms with Crippen LogP contribution in [0.25, 0.3) is 0 Å². The highest BCUT2D eigenvalue weighted by molar-refractivity contribution is 5.93. The van der Waals surface area contributed by atoms with Gasteiger partial charge in [-0.05, 0) is 6.92 Å². The molecule has 2 aromatic heterocycles. The summed E-state index contributed by atoms with van der Waals surface area (Å²) < 4.78 is 1.93. The molecule has 0 unspecified atom stereocenters. The molecule has 0 aliphatic carbocycles. The van der Waals surface area contributed by atoms with Crippen LogP contribution in [0.3, 0.4) is 0 Å². The monoisotopic (exact) mass is 314 g/mol. The molecule has 120 valence electrons. The van der Waals surface area contributed by atoms with Gasteiger partial charge in [0.15, 0.2) is 0 Å². The summed E-state index contributed by atoms with van der Waals surface area (Å²) in [5, 5.41) is 0. The van der Waals surface area contributed by atoms with E-state index in [9.17, 15) is 9.59 Å². The molecule has 1 aliphatic heterocycles. The lowest BCUT2D eigenvalue weighted by Crippen LogP contribution is -2.41. The molecule has 0 aromatic carbocycles. The highest BCUT2D eigenvalue weighted by Crippen LogP contribution is 2.26. The van der Waals surface area contributed by atoms with Crippen molar-refractivity contribution in [2.45, 2.75) is 19.5 Å². The van der Waals surface area contributed by atoms with Gasteiger partial charge in [0, 0.05) is 45.8 Å². The van der Waals surface area contributed by atoms with Gasteiger partial charge in [0.1, 0.15) is 17.2 Å². The first-order valence-corrected chi connectivity index (χ1v) is 7.34. The summed E-state index contributed by atoms with van der Waals surface area (Å²) in [5.74, 6) is 0.380. The minimum atomic E-state index is -0.234. The Morgan fingerprint density at radius 2 is 2.00 bits per heavy atom. The van der Waals surface area contributed by atoms with Crippen LogP contribution in [0.2, 0.25) is 0 Å². The van der Waals surface area contributed by atoms with Gasteiger partial charge < -0.3 is 14.4 Å². The molecular formula is C15H18N6O2. The summed E-state index contributed by atoms with van der Waals surface area (Å²) in [7, 11) is 3.38. The van der Waals surface area contributed by atoms with Crippen LogP contribution in [0.5, 0.6) is 0 Å². The van der Waals surface area contributed by atoms with E-state index in [1.807, 2.05) is 11.5 Å². The van der Waals surface area contributed by atoms with Crippen molar-refractivity contribution in [3.63, 3.8) is 0 Å². The van der Waals surface area contributed by atoms with Crippen molar-refractivity contribution in [3.05, 3.63) is 42.0 Å². The second kappa shape index (κ2) is 5.79. The second-order valence-corrected chi connectivity index (χ2v) is 5.64. The van der Waals surface area contributed by atoms with E-state index in [0.717, 1.165) is 0 Å². The van der Waals surface area contributed by atoms with Crippen LogP contribution in [0.1, 0.15) is 39.8 Å². The predicted molar refractivity (Wildman–Crippen MR) is 81.7 cm³/mol. The van der Waals surface area contributed by atoms with E-state index in [2.05, 4.69) is 15.0 Å². The van der Waals surface area contributed by atoms with Crippen molar-refractivity contribution < 1.29 is 9.59 Å². The maximum Gasteiger partial charge on any atom is 0.274 e. The minimum Gasteiger partial charge on any atom is -0.343 e. The molecule has 0 saturated heterocycles. The van der Waals surface area contributed by atoms with Crippen LogP contribution in [0, 0.1) is 0 Å². The van der Waals surface area contributed by atoms with Crippen LogP contribution < -0.4 is 0 Å². The summed E-state index contributed by atoms with van der Waals surface area (Å²) in [5.41, 5.74) is 0.703. The Kier molecular flexibility index (Phi) is 3.81. The number of imidazole rings is 1. The maximum atomic E-state index is 12.6. The summed E-state index contributed by atoms with van der Waals surface area (Å²) in [6, 6.07) is -0.234. The molecule has 8 nitrogen and oxygen atoms in total. The molecule has 0 saturated carbocycles. The molecule has 23 heavy (non-hydrogen) atoms. The SMILES string of the molecule is C[C@H]1c2nc(C(=O)N(C)C)cn2CCN1C(=O)c1cnccn1. The zero-order valence-electron chi connectivity index (χ0n) is 13.3. The molecule has 0 N–H and O–H groups in total. The Balaban J connectivity index is 1.87. The molecule has 1 atom stereocenters. The lowest BCUT2D eigenvalue weighted by molar-refractivity contribution is 0.0631. The standard InChI is InChI=1S/C15H18N6O2/c1-10-13-18-12(14(22)19(2)3)9-20(13)6-7-21(10)15(23)11-8-16-4-5-17-11/h4-5,8-10H,6-7H2,1-3H3/t10-/m0/s1. The Morgan fingerprint density at radius 1 is 1.22 bits per heavy atom. The maximum absolute atomic E-state index is 12.6. The fourth-order valence-electron chi connectivity index (χ4n) is 2.66. The van der Waals surface area contributed by atoms with E-state index < -0.39 is 0 Å². The van der Waals surface area contributed by atoms with Crippen LogP contribution in [-0.4, -0.2) is 61.8 Å². The fraction of sp³-hybridized carbons (Fsp3) is 0.400. The van der Waals surface area contributed by atoms with Gasteiger partial charge in [0.2, 0.25) is 0 Å². The first-order valence-electron chi connectivity index (χ1n) is 7.34. The van der Waals surface area contributed by atoms with Crippen molar-refractivity contribution in [2.24, 2.45) is 0 Å². The van der Waals surface area contributed by atoms with Gasteiger partial charge in [0.05, 0.1) is 12.2 Å². The number of carbonyl (C=O) groups excluding carboxylic acids is 2. The Hall–Kier alpha value is -2.77. The number of nitrogens with zero attached hydrogens (tertiary/aromatic N) is 6. The van der Waals surface area contributed by atoms with Gasteiger partial charge in [-0.25, -0.2) is 9.97 Å². The lowest BCUT2D eigenvalue weighted by atomic mass is 10.2. The van der Waals surface area contributed by atoms with Crippen LogP contribution in [0.15, 0.2) is 24.8 Å². The van der Waals surface area contributed by atoms with Crippen molar-refractivity contribution in [1.29, 1.82) is 0 Å². The number of amides is 2. The first kappa shape index (κ1) is 15.1. The lowest BCUT2D eigenvalue weighted by Gasteiger charge is -2.33. The van der Waals surface area contributed by atoms with Crippen molar-refractivity contribution >= 4 is 11.8 Å². The highest BCUT2D eigenvalue weighted by atomic mass is 16.2. The fourth-order valence-corrected chi connectivity index (χ4v) is 2.66. The number of rotatable bonds is 2. The first-order chi connectivity index (χ1) is 11.0. The van der Waals surface area contributed by atoms with Gasteiger partial charge in [0.25, 0.3) is 11.8 Å². The third-order valence-electron chi connectivity index (χ3n) is 3.90. The Labute approximate surface area is 133 Å². The Morgan fingerprint density at radius 3 is 2.65 bits per heavy atom. The van der Waals surface area contributed by atoms with Crippen LogP contribution >= 0.6 is 0 Å². The number of carbonyl (C=O) groups is 2. The van der Waals surface area contributed by atoms with E-state index in [1.54, 1.807) is 25.2 Å². The highest BCUT2D eigenvalue weighted by Gasteiger charge is 2.31. The number of hydrogen-bond acceptors (Lipinski definition) is 5. The average molecular weight is 314 g/mol. The van der Waals surface area contributed by atoms with Crippen LogP contribution in [0.4, 0.5) is 0 Å². The normalized spacial score (nSPS) is 16.8. The molecule has 3 heterocycles. The van der Waals surface area contributed by atoms with E-state index in [0.29, 0.717) is 30.3 Å². The van der Waals surface area contributed by atoms with Gasteiger partial charge in [-0.2, -0.15) is 0 Å². The van der Waals surface area contributed by atoms with E-state index in [4.69, 9.17) is 0 Å².